The van der Waals surface area contributed by atoms with E-state index >= 15 is 0 Å². The fourth-order valence-corrected chi connectivity index (χ4v) is 2.64. The lowest BCUT2D eigenvalue weighted by atomic mass is 10.1. The van der Waals surface area contributed by atoms with E-state index in [1.165, 1.54) is 6.07 Å². The first-order chi connectivity index (χ1) is 9.65. The summed E-state index contributed by atoms with van der Waals surface area (Å²) in [4.78, 5) is 0. The second kappa shape index (κ2) is 5.46. The Kier molecular flexibility index (Phi) is 3.68. The molecule has 3 rings (SSSR count). The zero-order chi connectivity index (χ0) is 14.1. The van der Waals surface area contributed by atoms with Gasteiger partial charge in [0.15, 0.2) is 5.22 Å². The van der Waals surface area contributed by atoms with Crippen LogP contribution >= 0.6 is 27.5 Å². The molecule has 0 atom stereocenters. The maximum Gasteiger partial charge on any atom is 0.199 e. The molecule has 0 amide bonds. The van der Waals surface area contributed by atoms with Crippen LogP contribution < -0.4 is 5.32 Å². The summed E-state index contributed by atoms with van der Waals surface area (Å²) in [7, 11) is 0. The Labute approximate surface area is 128 Å². The van der Waals surface area contributed by atoms with Crippen molar-refractivity contribution in [2.75, 3.05) is 5.32 Å². The van der Waals surface area contributed by atoms with E-state index in [0.717, 1.165) is 16.5 Å². The van der Waals surface area contributed by atoms with Gasteiger partial charge in [-0.15, -0.1) is 0 Å². The molecule has 0 aliphatic carbocycles. The highest BCUT2D eigenvalue weighted by molar-refractivity contribution is 9.10. The van der Waals surface area contributed by atoms with Crippen molar-refractivity contribution in [2.45, 2.75) is 6.54 Å². The Balaban J connectivity index is 1.88. The quantitative estimate of drug-likeness (QED) is 0.662. The highest BCUT2D eigenvalue weighted by Gasteiger charge is 2.12. The van der Waals surface area contributed by atoms with Gasteiger partial charge in [0.25, 0.3) is 0 Å². The minimum atomic E-state index is -0.316. The van der Waals surface area contributed by atoms with E-state index in [2.05, 4.69) is 21.2 Å². The van der Waals surface area contributed by atoms with Crippen LogP contribution in [0, 0.1) is 5.82 Å². The predicted octanol–water partition coefficient (Wildman–Crippen LogP) is 5.60. The largest absolute Gasteiger partial charge is 0.444 e. The van der Waals surface area contributed by atoms with E-state index < -0.39 is 0 Å². The van der Waals surface area contributed by atoms with E-state index in [1.54, 1.807) is 12.1 Å². The number of halogens is 3. The van der Waals surface area contributed by atoms with Gasteiger partial charge >= 0.3 is 0 Å². The molecule has 5 heteroatoms. The fraction of sp³-hybridized carbons (Fsp3) is 0.0667. The smallest absolute Gasteiger partial charge is 0.199 e. The molecule has 0 bridgehead atoms. The number of para-hydroxylation sites is 1. The summed E-state index contributed by atoms with van der Waals surface area (Å²) in [6, 6.07) is 12.4. The van der Waals surface area contributed by atoms with E-state index in [1.807, 2.05) is 24.3 Å². The molecule has 0 saturated carbocycles. The van der Waals surface area contributed by atoms with Gasteiger partial charge in [0.1, 0.15) is 11.4 Å². The lowest BCUT2D eigenvalue weighted by Crippen LogP contribution is -2.01. The van der Waals surface area contributed by atoms with Crippen molar-refractivity contribution in [2.24, 2.45) is 0 Å². The van der Waals surface area contributed by atoms with Gasteiger partial charge in [0.05, 0.1) is 5.69 Å². The number of rotatable bonds is 3. The number of nitrogens with one attached hydrogen (secondary N) is 1. The minimum Gasteiger partial charge on any atom is -0.444 e. The number of furan rings is 1. The van der Waals surface area contributed by atoms with Crippen molar-refractivity contribution in [3.05, 3.63) is 63.5 Å². The highest BCUT2D eigenvalue weighted by atomic mass is 79.9. The Morgan fingerprint density at radius 1 is 1.20 bits per heavy atom. The van der Waals surface area contributed by atoms with Gasteiger partial charge in [-0.1, -0.05) is 34.1 Å². The molecule has 0 saturated heterocycles. The summed E-state index contributed by atoms with van der Waals surface area (Å²) >= 11 is 9.32. The second-order valence-corrected chi connectivity index (χ2v) is 5.59. The van der Waals surface area contributed by atoms with E-state index in [0.29, 0.717) is 21.9 Å². The van der Waals surface area contributed by atoms with Gasteiger partial charge in [-0.05, 0) is 35.9 Å². The van der Waals surface area contributed by atoms with Crippen LogP contribution in [0.4, 0.5) is 10.1 Å². The van der Waals surface area contributed by atoms with Gasteiger partial charge in [-0.25, -0.2) is 4.39 Å². The molecule has 0 radical (unpaired) electrons. The fourth-order valence-electron chi connectivity index (χ4n) is 2.05. The molecule has 2 nitrogen and oxygen atoms in total. The third-order valence-electron chi connectivity index (χ3n) is 3.04. The van der Waals surface area contributed by atoms with E-state index in [4.69, 9.17) is 16.0 Å². The summed E-state index contributed by atoms with van der Waals surface area (Å²) in [5.74, 6) is -0.316. The number of hydrogen-bond acceptors (Lipinski definition) is 2. The summed E-state index contributed by atoms with van der Waals surface area (Å²) in [5.41, 5.74) is 1.98. The molecular weight excluding hydrogens is 345 g/mol. The van der Waals surface area contributed by atoms with E-state index in [9.17, 15) is 4.39 Å². The van der Waals surface area contributed by atoms with E-state index in [-0.39, 0.29) is 5.82 Å². The molecule has 20 heavy (non-hydrogen) atoms. The standard InChI is InChI=1S/C15H10BrClFNO/c16-9-5-6-13(12(18)7-9)19-8-11-10-3-1-2-4-14(10)20-15(11)17/h1-7,19H,8H2. The third-order valence-corrected chi connectivity index (χ3v) is 3.83. The average Bonchev–Trinajstić information content (AvgIpc) is 2.74. The molecule has 0 unspecified atom stereocenters. The first-order valence-electron chi connectivity index (χ1n) is 6.00. The van der Waals surface area contributed by atoms with Crippen LogP contribution in [0.25, 0.3) is 11.0 Å². The van der Waals surface area contributed by atoms with Gasteiger partial charge in [0.2, 0.25) is 0 Å². The molecule has 1 heterocycles. The molecule has 0 aliphatic rings. The number of hydrogen-bond donors (Lipinski definition) is 1. The van der Waals surface area contributed by atoms with Crippen molar-refractivity contribution in [1.29, 1.82) is 0 Å². The molecule has 0 aliphatic heterocycles. The zero-order valence-corrected chi connectivity index (χ0v) is 12.6. The number of fused-ring (bicyclic) bond motifs is 1. The van der Waals surface area contributed by atoms with Crippen molar-refractivity contribution in [3.8, 4) is 0 Å². The molecule has 3 aromatic rings. The molecule has 102 valence electrons. The first kappa shape index (κ1) is 13.5. The molecule has 2 aromatic carbocycles. The second-order valence-electron chi connectivity index (χ2n) is 4.33. The maximum absolute atomic E-state index is 13.7. The summed E-state index contributed by atoms with van der Waals surface area (Å²) in [6.07, 6.45) is 0. The van der Waals surface area contributed by atoms with Crippen molar-refractivity contribution in [3.63, 3.8) is 0 Å². The zero-order valence-electron chi connectivity index (χ0n) is 10.3. The number of anilines is 1. The van der Waals surface area contributed by atoms with Crippen LogP contribution in [0.2, 0.25) is 5.22 Å². The SMILES string of the molecule is Fc1cc(Br)ccc1NCc1c(Cl)oc2ccccc12. The van der Waals surface area contributed by atoms with Gasteiger partial charge in [-0.2, -0.15) is 0 Å². The van der Waals surface area contributed by atoms with Crippen LogP contribution in [-0.4, -0.2) is 0 Å². The maximum atomic E-state index is 13.7. The summed E-state index contributed by atoms with van der Waals surface area (Å²) < 4.78 is 19.9. The van der Waals surface area contributed by atoms with Crippen molar-refractivity contribution >= 4 is 44.2 Å². The van der Waals surface area contributed by atoms with Crippen LogP contribution in [0.15, 0.2) is 51.4 Å². The Hall–Kier alpha value is -1.52. The Bertz CT molecular complexity index is 772. The van der Waals surface area contributed by atoms with Crippen LogP contribution in [0.5, 0.6) is 0 Å². The van der Waals surface area contributed by atoms with Crippen LogP contribution in [0.1, 0.15) is 5.56 Å². The summed E-state index contributed by atoms with van der Waals surface area (Å²) in [6.45, 7) is 0.397. The monoisotopic (exact) mass is 353 g/mol. The minimum absolute atomic E-state index is 0.316. The van der Waals surface area contributed by atoms with Gasteiger partial charge in [0, 0.05) is 22.0 Å². The topological polar surface area (TPSA) is 25.2 Å². The Morgan fingerprint density at radius 3 is 2.80 bits per heavy atom. The molecule has 0 spiro atoms. The Morgan fingerprint density at radius 2 is 2.00 bits per heavy atom. The third kappa shape index (κ3) is 2.53. The molecular formula is C15H10BrClFNO. The van der Waals surface area contributed by atoms with Gasteiger partial charge < -0.3 is 9.73 Å². The number of benzene rings is 2. The summed E-state index contributed by atoms with van der Waals surface area (Å²) in [5, 5.41) is 4.30. The average molecular weight is 355 g/mol. The molecule has 1 aromatic heterocycles. The predicted molar refractivity (Wildman–Crippen MR) is 82.7 cm³/mol. The highest BCUT2D eigenvalue weighted by Crippen LogP contribution is 2.30. The van der Waals surface area contributed by atoms with Crippen molar-refractivity contribution < 1.29 is 8.81 Å². The van der Waals surface area contributed by atoms with Crippen molar-refractivity contribution in [1.82, 2.24) is 0 Å². The lowest BCUT2D eigenvalue weighted by Gasteiger charge is -2.07. The van der Waals surface area contributed by atoms with Gasteiger partial charge in [-0.3, -0.25) is 0 Å². The normalized spacial score (nSPS) is 10.9. The lowest BCUT2D eigenvalue weighted by molar-refractivity contribution is 0.612. The molecule has 1 N–H and O–H groups in total. The first-order valence-corrected chi connectivity index (χ1v) is 7.17. The molecule has 0 fully saturated rings. The van der Waals surface area contributed by atoms with Crippen LogP contribution in [0.3, 0.4) is 0 Å². The van der Waals surface area contributed by atoms with Crippen LogP contribution in [-0.2, 0) is 6.54 Å².